The largest absolute Gasteiger partial charge is 0.496 e. The standard InChI is InChI=1S/C14H21NO4/c1-10-8-13(19-3)11(9-12(10)18-2)4-6-15-7-5-14(16)17/h8-9,15H,4-7H2,1-3H3,(H,16,17). The third-order valence-electron chi connectivity index (χ3n) is 2.88. The number of carbonyl (C=O) groups is 1. The molecule has 0 aromatic heterocycles. The fraction of sp³-hybridized carbons (Fsp3) is 0.500. The fourth-order valence-corrected chi connectivity index (χ4v) is 1.85. The van der Waals surface area contributed by atoms with Crippen molar-refractivity contribution >= 4 is 5.97 Å². The maximum atomic E-state index is 10.4. The molecular formula is C14H21NO4. The van der Waals surface area contributed by atoms with Crippen molar-refractivity contribution in [3.05, 3.63) is 23.3 Å². The van der Waals surface area contributed by atoms with Crippen LogP contribution in [-0.2, 0) is 11.2 Å². The van der Waals surface area contributed by atoms with Gasteiger partial charge in [-0.15, -0.1) is 0 Å². The van der Waals surface area contributed by atoms with Crippen molar-refractivity contribution in [2.45, 2.75) is 19.8 Å². The molecule has 0 heterocycles. The molecule has 19 heavy (non-hydrogen) atoms. The van der Waals surface area contributed by atoms with Crippen LogP contribution in [0, 0.1) is 6.92 Å². The quantitative estimate of drug-likeness (QED) is 0.701. The second kappa shape index (κ2) is 7.63. The van der Waals surface area contributed by atoms with E-state index in [1.807, 2.05) is 19.1 Å². The molecule has 0 saturated carbocycles. The van der Waals surface area contributed by atoms with E-state index < -0.39 is 5.97 Å². The van der Waals surface area contributed by atoms with Gasteiger partial charge in [0.05, 0.1) is 20.6 Å². The van der Waals surface area contributed by atoms with Crippen LogP contribution in [0.3, 0.4) is 0 Å². The van der Waals surface area contributed by atoms with Crippen LogP contribution >= 0.6 is 0 Å². The number of aliphatic carboxylic acids is 1. The first-order chi connectivity index (χ1) is 9.08. The first kappa shape index (κ1) is 15.3. The Labute approximate surface area is 113 Å². The molecule has 1 aromatic rings. The minimum absolute atomic E-state index is 0.133. The van der Waals surface area contributed by atoms with Crippen molar-refractivity contribution in [2.24, 2.45) is 0 Å². The van der Waals surface area contributed by atoms with Gasteiger partial charge in [-0.25, -0.2) is 0 Å². The minimum atomic E-state index is -0.790. The number of hydrogen-bond acceptors (Lipinski definition) is 4. The third-order valence-corrected chi connectivity index (χ3v) is 2.88. The van der Waals surface area contributed by atoms with Crippen molar-refractivity contribution < 1.29 is 19.4 Å². The van der Waals surface area contributed by atoms with Gasteiger partial charge in [-0.2, -0.15) is 0 Å². The van der Waals surface area contributed by atoms with Gasteiger partial charge in [0.15, 0.2) is 0 Å². The molecule has 5 heteroatoms. The Hall–Kier alpha value is -1.75. The number of benzene rings is 1. The van der Waals surface area contributed by atoms with Gasteiger partial charge in [0.2, 0.25) is 0 Å². The maximum Gasteiger partial charge on any atom is 0.304 e. The second-order valence-corrected chi connectivity index (χ2v) is 4.28. The summed E-state index contributed by atoms with van der Waals surface area (Å²) in [4.78, 5) is 10.4. The van der Waals surface area contributed by atoms with Gasteiger partial charge < -0.3 is 19.9 Å². The Kier molecular flexibility index (Phi) is 6.15. The summed E-state index contributed by atoms with van der Waals surface area (Å²) >= 11 is 0. The smallest absolute Gasteiger partial charge is 0.304 e. The van der Waals surface area contributed by atoms with Gasteiger partial charge in [-0.05, 0) is 43.1 Å². The Bertz CT molecular complexity index is 432. The molecule has 5 nitrogen and oxygen atoms in total. The van der Waals surface area contributed by atoms with Crippen LogP contribution < -0.4 is 14.8 Å². The number of carboxylic acid groups (broad SMARTS) is 1. The number of aryl methyl sites for hydroxylation is 1. The summed E-state index contributed by atoms with van der Waals surface area (Å²) in [5, 5.41) is 11.6. The predicted octanol–water partition coefficient (Wildman–Crippen LogP) is 1.62. The van der Waals surface area contributed by atoms with E-state index in [1.54, 1.807) is 14.2 Å². The third kappa shape index (κ3) is 4.79. The lowest BCUT2D eigenvalue weighted by atomic mass is 10.1. The lowest BCUT2D eigenvalue weighted by Crippen LogP contribution is -2.21. The van der Waals surface area contributed by atoms with Crippen LogP contribution in [0.1, 0.15) is 17.5 Å². The molecule has 106 valence electrons. The number of carboxylic acids is 1. The Morgan fingerprint density at radius 1 is 1.21 bits per heavy atom. The summed E-state index contributed by atoms with van der Waals surface area (Å²) in [6, 6.07) is 3.92. The second-order valence-electron chi connectivity index (χ2n) is 4.28. The van der Waals surface area contributed by atoms with Crippen molar-refractivity contribution in [1.82, 2.24) is 5.32 Å². The van der Waals surface area contributed by atoms with E-state index in [4.69, 9.17) is 14.6 Å². The van der Waals surface area contributed by atoms with Gasteiger partial charge in [0, 0.05) is 6.54 Å². The number of hydrogen-bond donors (Lipinski definition) is 2. The van der Waals surface area contributed by atoms with Crippen molar-refractivity contribution in [1.29, 1.82) is 0 Å². The predicted molar refractivity (Wildman–Crippen MR) is 73.1 cm³/mol. The molecule has 0 aliphatic carbocycles. The molecule has 0 saturated heterocycles. The van der Waals surface area contributed by atoms with E-state index in [9.17, 15) is 4.79 Å². The lowest BCUT2D eigenvalue weighted by Gasteiger charge is -2.13. The average Bonchev–Trinajstić information content (AvgIpc) is 2.38. The molecule has 0 spiro atoms. The van der Waals surface area contributed by atoms with Crippen LogP contribution in [-0.4, -0.2) is 38.4 Å². The van der Waals surface area contributed by atoms with Crippen molar-refractivity contribution in [3.8, 4) is 11.5 Å². The molecule has 1 rings (SSSR count). The highest BCUT2D eigenvalue weighted by molar-refractivity contribution is 5.66. The number of ether oxygens (including phenoxy) is 2. The van der Waals surface area contributed by atoms with E-state index in [1.165, 1.54) is 0 Å². The molecule has 2 N–H and O–H groups in total. The van der Waals surface area contributed by atoms with Gasteiger partial charge >= 0.3 is 5.97 Å². The van der Waals surface area contributed by atoms with Crippen LogP contribution in [0.2, 0.25) is 0 Å². The summed E-state index contributed by atoms with van der Waals surface area (Å²) in [7, 11) is 3.28. The van der Waals surface area contributed by atoms with Crippen LogP contribution in [0.5, 0.6) is 11.5 Å². The Morgan fingerprint density at radius 2 is 1.89 bits per heavy atom. The monoisotopic (exact) mass is 267 g/mol. The molecule has 0 bridgehead atoms. The summed E-state index contributed by atoms with van der Waals surface area (Å²) in [6.45, 7) is 3.15. The van der Waals surface area contributed by atoms with E-state index in [0.29, 0.717) is 13.1 Å². The zero-order valence-corrected chi connectivity index (χ0v) is 11.7. The summed E-state index contributed by atoms with van der Waals surface area (Å²) in [5.41, 5.74) is 2.08. The molecule has 1 aromatic carbocycles. The molecule has 0 atom stereocenters. The normalized spacial score (nSPS) is 10.3. The van der Waals surface area contributed by atoms with E-state index in [0.717, 1.165) is 29.0 Å². The van der Waals surface area contributed by atoms with E-state index in [-0.39, 0.29) is 6.42 Å². The van der Waals surface area contributed by atoms with E-state index in [2.05, 4.69) is 5.32 Å². The molecule has 0 aliphatic rings. The zero-order valence-electron chi connectivity index (χ0n) is 11.7. The van der Waals surface area contributed by atoms with E-state index >= 15 is 0 Å². The highest BCUT2D eigenvalue weighted by atomic mass is 16.5. The Balaban J connectivity index is 2.58. The molecular weight excluding hydrogens is 246 g/mol. The van der Waals surface area contributed by atoms with Gasteiger partial charge in [-0.1, -0.05) is 0 Å². The SMILES string of the molecule is COc1cc(CCNCCC(=O)O)c(OC)cc1C. The maximum absolute atomic E-state index is 10.4. The number of rotatable bonds is 8. The number of methoxy groups -OCH3 is 2. The first-order valence-corrected chi connectivity index (χ1v) is 6.22. The molecule has 0 aliphatic heterocycles. The van der Waals surface area contributed by atoms with Gasteiger partial charge in [-0.3, -0.25) is 4.79 Å². The minimum Gasteiger partial charge on any atom is -0.496 e. The zero-order chi connectivity index (χ0) is 14.3. The summed E-state index contributed by atoms with van der Waals surface area (Å²) < 4.78 is 10.6. The molecule has 0 unspecified atom stereocenters. The van der Waals surface area contributed by atoms with Gasteiger partial charge in [0.25, 0.3) is 0 Å². The number of nitrogens with one attached hydrogen (secondary N) is 1. The summed E-state index contributed by atoms with van der Waals surface area (Å²) in [5.74, 6) is 0.877. The molecule has 0 amide bonds. The average molecular weight is 267 g/mol. The van der Waals surface area contributed by atoms with Crippen LogP contribution in [0.25, 0.3) is 0 Å². The Morgan fingerprint density at radius 3 is 2.47 bits per heavy atom. The highest BCUT2D eigenvalue weighted by Crippen LogP contribution is 2.28. The van der Waals surface area contributed by atoms with Crippen molar-refractivity contribution in [3.63, 3.8) is 0 Å². The molecule has 0 radical (unpaired) electrons. The highest BCUT2D eigenvalue weighted by Gasteiger charge is 2.08. The van der Waals surface area contributed by atoms with Crippen LogP contribution in [0.4, 0.5) is 0 Å². The topological polar surface area (TPSA) is 67.8 Å². The van der Waals surface area contributed by atoms with Gasteiger partial charge in [0.1, 0.15) is 11.5 Å². The van der Waals surface area contributed by atoms with Crippen molar-refractivity contribution in [2.75, 3.05) is 27.3 Å². The first-order valence-electron chi connectivity index (χ1n) is 6.22. The molecule has 0 fully saturated rings. The lowest BCUT2D eigenvalue weighted by molar-refractivity contribution is -0.136. The summed E-state index contributed by atoms with van der Waals surface area (Å²) in [6.07, 6.45) is 0.897. The van der Waals surface area contributed by atoms with Crippen LogP contribution in [0.15, 0.2) is 12.1 Å². The fourth-order valence-electron chi connectivity index (χ4n) is 1.85.